The number of nitrogens with zero attached hydrogens (tertiary/aromatic N) is 2. The van der Waals surface area contributed by atoms with Crippen LogP contribution in [0.5, 0.6) is 0 Å². The van der Waals surface area contributed by atoms with E-state index in [9.17, 15) is 0 Å². The average molecular weight is 360 g/mol. The summed E-state index contributed by atoms with van der Waals surface area (Å²) >= 11 is 0. The second-order valence-electron chi connectivity index (χ2n) is 5.44. The Morgan fingerprint density at radius 3 is 1.19 bits per heavy atom. The van der Waals surface area contributed by atoms with Gasteiger partial charge in [-0.2, -0.15) is 0 Å². The van der Waals surface area contributed by atoms with Crippen molar-refractivity contribution in [1.82, 2.24) is 9.97 Å². The summed E-state index contributed by atoms with van der Waals surface area (Å²) in [7, 11) is 0. The van der Waals surface area contributed by atoms with E-state index in [0.717, 1.165) is 22.5 Å². The van der Waals surface area contributed by atoms with Crippen molar-refractivity contribution in [2.75, 3.05) is 26.4 Å². The smallest absolute Gasteiger partial charge is 0.185 e. The van der Waals surface area contributed by atoms with E-state index < -0.39 is 0 Å². The van der Waals surface area contributed by atoms with Crippen LogP contribution in [0.1, 0.15) is 51.4 Å². The molecule has 6 nitrogen and oxygen atoms in total. The molecule has 0 bridgehead atoms. The Balaban J connectivity index is 2.13. The quantitative estimate of drug-likeness (QED) is 0.557. The summed E-state index contributed by atoms with van der Waals surface area (Å²) < 4.78 is 22.4. The Morgan fingerprint density at radius 1 is 0.615 bits per heavy atom. The van der Waals surface area contributed by atoms with E-state index in [1.54, 1.807) is 12.4 Å². The maximum absolute atomic E-state index is 5.60. The van der Waals surface area contributed by atoms with E-state index in [1.807, 2.05) is 52.0 Å². The molecular formula is C20H28N2O4. The van der Waals surface area contributed by atoms with E-state index in [4.69, 9.17) is 18.9 Å². The van der Waals surface area contributed by atoms with Gasteiger partial charge in [-0.1, -0.05) is 12.1 Å². The highest BCUT2D eigenvalue weighted by Crippen LogP contribution is 2.23. The van der Waals surface area contributed by atoms with E-state index >= 15 is 0 Å². The Bertz CT molecular complexity index is 562. The van der Waals surface area contributed by atoms with Crippen molar-refractivity contribution < 1.29 is 18.9 Å². The molecule has 0 aliphatic heterocycles. The largest absolute Gasteiger partial charge is 0.349 e. The standard InChI is InChI=1S/C20H28N2O4/c1-5-23-19(24-6-2)15-9-11-17(21-13-15)18-12-10-16(14-22-18)20(25-7-3)26-8-4/h9-14,19-20H,5-8H2,1-4H3. The molecule has 0 radical (unpaired) electrons. The highest BCUT2D eigenvalue weighted by molar-refractivity contribution is 5.54. The van der Waals surface area contributed by atoms with Gasteiger partial charge in [0.15, 0.2) is 12.6 Å². The van der Waals surface area contributed by atoms with E-state index in [0.29, 0.717) is 26.4 Å². The number of aromatic nitrogens is 2. The zero-order valence-electron chi connectivity index (χ0n) is 16.0. The molecule has 0 atom stereocenters. The fourth-order valence-electron chi connectivity index (χ4n) is 2.48. The Kier molecular flexibility index (Phi) is 8.64. The molecule has 0 aliphatic rings. The fourth-order valence-corrected chi connectivity index (χ4v) is 2.48. The zero-order valence-corrected chi connectivity index (χ0v) is 16.0. The first-order valence-electron chi connectivity index (χ1n) is 9.12. The van der Waals surface area contributed by atoms with Gasteiger partial charge in [-0.25, -0.2) is 0 Å². The minimum atomic E-state index is -0.389. The second-order valence-corrected chi connectivity index (χ2v) is 5.44. The van der Waals surface area contributed by atoms with Crippen LogP contribution < -0.4 is 0 Å². The second kappa shape index (κ2) is 11.0. The fraction of sp³-hybridized carbons (Fsp3) is 0.500. The summed E-state index contributed by atoms with van der Waals surface area (Å²) in [6.07, 6.45) is 2.76. The van der Waals surface area contributed by atoms with Crippen molar-refractivity contribution >= 4 is 0 Å². The van der Waals surface area contributed by atoms with Gasteiger partial charge in [-0.05, 0) is 39.8 Å². The van der Waals surface area contributed by atoms with Gasteiger partial charge in [0.2, 0.25) is 0 Å². The molecule has 142 valence electrons. The maximum atomic E-state index is 5.60. The van der Waals surface area contributed by atoms with Crippen molar-refractivity contribution in [2.24, 2.45) is 0 Å². The Hall–Kier alpha value is -1.86. The summed E-state index contributed by atoms with van der Waals surface area (Å²) in [5, 5.41) is 0. The van der Waals surface area contributed by atoms with E-state index in [2.05, 4.69) is 9.97 Å². The summed E-state index contributed by atoms with van der Waals surface area (Å²) in [6.45, 7) is 10.1. The van der Waals surface area contributed by atoms with Crippen molar-refractivity contribution in [1.29, 1.82) is 0 Å². The van der Waals surface area contributed by atoms with Crippen LogP contribution >= 0.6 is 0 Å². The van der Waals surface area contributed by atoms with Crippen LogP contribution in [-0.4, -0.2) is 36.4 Å². The third-order valence-corrected chi connectivity index (χ3v) is 3.65. The molecule has 2 rings (SSSR count). The molecule has 0 spiro atoms. The number of pyridine rings is 2. The minimum Gasteiger partial charge on any atom is -0.349 e. The topological polar surface area (TPSA) is 62.7 Å². The van der Waals surface area contributed by atoms with Gasteiger partial charge in [-0.3, -0.25) is 9.97 Å². The van der Waals surface area contributed by atoms with Gasteiger partial charge in [-0.15, -0.1) is 0 Å². The molecule has 6 heteroatoms. The van der Waals surface area contributed by atoms with Crippen molar-refractivity contribution in [3.05, 3.63) is 47.8 Å². The van der Waals surface area contributed by atoms with Gasteiger partial charge in [0, 0.05) is 49.9 Å². The lowest BCUT2D eigenvalue weighted by molar-refractivity contribution is -0.140. The normalized spacial score (nSPS) is 11.5. The zero-order chi connectivity index (χ0) is 18.8. The molecule has 0 unspecified atom stereocenters. The van der Waals surface area contributed by atoms with Crippen LogP contribution in [0.4, 0.5) is 0 Å². The van der Waals surface area contributed by atoms with Gasteiger partial charge in [0.25, 0.3) is 0 Å². The van der Waals surface area contributed by atoms with Crippen LogP contribution in [0, 0.1) is 0 Å². The van der Waals surface area contributed by atoms with Gasteiger partial charge < -0.3 is 18.9 Å². The van der Waals surface area contributed by atoms with Crippen LogP contribution in [0.25, 0.3) is 11.4 Å². The van der Waals surface area contributed by atoms with E-state index in [-0.39, 0.29) is 12.6 Å². The van der Waals surface area contributed by atoms with Crippen molar-refractivity contribution in [3.8, 4) is 11.4 Å². The summed E-state index contributed by atoms with van der Waals surface area (Å²) in [5.74, 6) is 0. The SMILES string of the molecule is CCOC(OCC)c1ccc(-c2ccc(C(OCC)OCC)cn2)nc1. The summed E-state index contributed by atoms with van der Waals surface area (Å²) in [4.78, 5) is 8.99. The first-order chi connectivity index (χ1) is 12.7. The predicted molar refractivity (Wildman–Crippen MR) is 99.5 cm³/mol. The average Bonchev–Trinajstić information content (AvgIpc) is 2.68. The highest BCUT2D eigenvalue weighted by atomic mass is 16.7. The summed E-state index contributed by atoms with van der Waals surface area (Å²) in [6, 6.07) is 7.75. The van der Waals surface area contributed by atoms with Crippen molar-refractivity contribution in [2.45, 2.75) is 40.3 Å². The third kappa shape index (κ3) is 5.57. The minimum absolute atomic E-state index is 0.389. The van der Waals surface area contributed by atoms with Crippen LogP contribution in [0.3, 0.4) is 0 Å². The molecule has 0 aliphatic carbocycles. The monoisotopic (exact) mass is 360 g/mol. The predicted octanol–water partition coefficient (Wildman–Crippen LogP) is 4.29. The molecular weight excluding hydrogens is 332 g/mol. The van der Waals surface area contributed by atoms with Crippen LogP contribution in [-0.2, 0) is 18.9 Å². The molecule has 0 N–H and O–H groups in total. The molecule has 2 aromatic heterocycles. The molecule has 0 fully saturated rings. The first-order valence-corrected chi connectivity index (χ1v) is 9.12. The lowest BCUT2D eigenvalue weighted by atomic mass is 10.2. The molecule has 26 heavy (non-hydrogen) atoms. The first kappa shape index (κ1) is 20.5. The molecule has 0 saturated heterocycles. The molecule has 0 saturated carbocycles. The molecule has 2 aromatic rings. The molecule has 0 amide bonds. The molecule has 2 heterocycles. The maximum Gasteiger partial charge on any atom is 0.185 e. The lowest BCUT2D eigenvalue weighted by Gasteiger charge is -2.17. The van der Waals surface area contributed by atoms with E-state index in [1.165, 1.54) is 0 Å². The number of hydrogen-bond donors (Lipinski definition) is 0. The highest BCUT2D eigenvalue weighted by Gasteiger charge is 2.14. The Labute approximate surface area is 155 Å². The van der Waals surface area contributed by atoms with Gasteiger partial charge in [0.05, 0.1) is 11.4 Å². The van der Waals surface area contributed by atoms with Crippen molar-refractivity contribution in [3.63, 3.8) is 0 Å². The van der Waals surface area contributed by atoms with Gasteiger partial charge in [0.1, 0.15) is 0 Å². The third-order valence-electron chi connectivity index (χ3n) is 3.65. The van der Waals surface area contributed by atoms with Crippen LogP contribution in [0.15, 0.2) is 36.7 Å². The lowest BCUT2D eigenvalue weighted by Crippen LogP contribution is -2.09. The number of hydrogen-bond acceptors (Lipinski definition) is 6. The Morgan fingerprint density at radius 2 is 0.962 bits per heavy atom. The number of ether oxygens (including phenoxy) is 4. The molecule has 0 aromatic carbocycles. The van der Waals surface area contributed by atoms with Crippen LogP contribution in [0.2, 0.25) is 0 Å². The summed E-state index contributed by atoms with van der Waals surface area (Å²) in [5.41, 5.74) is 3.36. The number of rotatable bonds is 11. The van der Waals surface area contributed by atoms with Gasteiger partial charge >= 0.3 is 0 Å².